The molecule has 0 radical (unpaired) electrons. The van der Waals surface area contributed by atoms with Crippen LogP contribution in [0.15, 0.2) is 24.3 Å². The lowest BCUT2D eigenvalue weighted by Crippen LogP contribution is -2.31. The Morgan fingerprint density at radius 2 is 1.77 bits per heavy atom. The highest BCUT2D eigenvalue weighted by Gasteiger charge is 2.13. The molecule has 1 aliphatic heterocycles. The highest BCUT2D eigenvalue weighted by atomic mass is 32.2. The lowest BCUT2D eigenvalue weighted by Gasteiger charge is -2.19. The maximum absolute atomic E-state index is 12.1. The Morgan fingerprint density at radius 1 is 1.09 bits per heavy atom. The van der Waals surface area contributed by atoms with Gasteiger partial charge in [-0.15, -0.1) is 0 Å². The first kappa shape index (κ1) is 17.4. The molecule has 124 valence electrons. The van der Waals surface area contributed by atoms with Gasteiger partial charge in [0.05, 0.1) is 5.75 Å². The van der Waals surface area contributed by atoms with E-state index in [9.17, 15) is 8.42 Å². The highest BCUT2D eigenvalue weighted by molar-refractivity contribution is 7.88. The number of rotatable bonds is 7. The molecule has 22 heavy (non-hydrogen) atoms. The van der Waals surface area contributed by atoms with E-state index < -0.39 is 10.0 Å². The molecule has 1 aromatic rings. The molecule has 1 aliphatic rings. The van der Waals surface area contributed by atoms with Crippen LogP contribution in [-0.2, 0) is 15.8 Å². The third-order valence-corrected chi connectivity index (χ3v) is 5.61. The summed E-state index contributed by atoms with van der Waals surface area (Å²) in [5.41, 5.74) is 1.90. The van der Waals surface area contributed by atoms with Gasteiger partial charge in [-0.25, -0.2) is 13.1 Å². The first-order valence-corrected chi connectivity index (χ1v) is 9.96. The zero-order valence-electron chi connectivity index (χ0n) is 13.6. The Balaban J connectivity index is 1.72. The molecule has 0 aromatic heterocycles. The summed E-state index contributed by atoms with van der Waals surface area (Å²) in [5.74, 6) is 0.0728. The third-order valence-electron chi connectivity index (χ3n) is 4.28. The molecule has 0 atom stereocenters. The van der Waals surface area contributed by atoms with Crippen LogP contribution in [0, 0.1) is 6.92 Å². The van der Waals surface area contributed by atoms with Crippen molar-refractivity contribution in [3.8, 4) is 0 Å². The van der Waals surface area contributed by atoms with Gasteiger partial charge in [-0.2, -0.15) is 0 Å². The maximum Gasteiger partial charge on any atom is 0.215 e. The largest absolute Gasteiger partial charge is 0.303 e. The number of sulfonamides is 1. The molecule has 0 saturated carbocycles. The molecule has 1 N–H and O–H groups in total. The summed E-state index contributed by atoms with van der Waals surface area (Å²) in [6.07, 6.45) is 6.10. The van der Waals surface area contributed by atoms with Crippen molar-refractivity contribution >= 4 is 10.0 Å². The van der Waals surface area contributed by atoms with Gasteiger partial charge in [-0.1, -0.05) is 37.1 Å². The van der Waals surface area contributed by atoms with E-state index in [0.717, 1.165) is 37.2 Å². The van der Waals surface area contributed by atoms with Gasteiger partial charge in [0.1, 0.15) is 0 Å². The molecule has 0 bridgehead atoms. The van der Waals surface area contributed by atoms with E-state index in [0.29, 0.717) is 6.54 Å². The van der Waals surface area contributed by atoms with Crippen molar-refractivity contribution < 1.29 is 8.42 Å². The minimum absolute atomic E-state index is 0.0728. The lowest BCUT2D eigenvalue weighted by atomic mass is 10.1. The van der Waals surface area contributed by atoms with Crippen molar-refractivity contribution in [1.29, 1.82) is 0 Å². The predicted molar refractivity (Wildman–Crippen MR) is 91.3 cm³/mol. The molecule has 0 unspecified atom stereocenters. The molecule has 1 heterocycles. The second-order valence-corrected chi connectivity index (χ2v) is 8.00. The molecule has 5 heteroatoms. The van der Waals surface area contributed by atoms with E-state index >= 15 is 0 Å². The van der Waals surface area contributed by atoms with E-state index in [-0.39, 0.29) is 5.75 Å². The molecule has 0 aliphatic carbocycles. The van der Waals surface area contributed by atoms with Crippen molar-refractivity contribution in [1.82, 2.24) is 9.62 Å². The van der Waals surface area contributed by atoms with Gasteiger partial charge in [0.25, 0.3) is 0 Å². The van der Waals surface area contributed by atoms with Crippen LogP contribution in [0.4, 0.5) is 0 Å². The Hall–Kier alpha value is -0.910. The standard InChI is InChI=1S/C17H28N2O2S/c1-16-9-4-5-10-17(16)15-22(20,21)18-11-8-14-19-12-6-2-3-7-13-19/h4-5,9-10,18H,2-3,6-8,11-15H2,1H3. The quantitative estimate of drug-likeness (QED) is 0.785. The Bertz CT molecular complexity index is 550. The van der Waals surface area contributed by atoms with Crippen molar-refractivity contribution in [3.63, 3.8) is 0 Å². The fourth-order valence-corrected chi connectivity index (χ4v) is 4.21. The van der Waals surface area contributed by atoms with Crippen LogP contribution in [-0.4, -0.2) is 39.5 Å². The summed E-state index contributed by atoms with van der Waals surface area (Å²) in [4.78, 5) is 2.46. The van der Waals surface area contributed by atoms with Crippen molar-refractivity contribution in [2.24, 2.45) is 0 Å². The van der Waals surface area contributed by atoms with Crippen molar-refractivity contribution in [2.45, 2.75) is 44.8 Å². The van der Waals surface area contributed by atoms with Crippen LogP contribution in [0.1, 0.15) is 43.2 Å². The van der Waals surface area contributed by atoms with Gasteiger partial charge in [0.15, 0.2) is 0 Å². The van der Waals surface area contributed by atoms with Crippen LogP contribution in [0.25, 0.3) is 0 Å². The molecule has 2 rings (SSSR count). The number of nitrogens with zero attached hydrogens (tertiary/aromatic N) is 1. The monoisotopic (exact) mass is 324 g/mol. The number of benzene rings is 1. The summed E-state index contributed by atoms with van der Waals surface area (Å²) in [6.45, 7) is 5.80. The third kappa shape index (κ3) is 6.07. The fourth-order valence-electron chi connectivity index (χ4n) is 2.92. The van der Waals surface area contributed by atoms with Crippen LogP contribution >= 0.6 is 0 Å². The van der Waals surface area contributed by atoms with E-state index in [1.165, 1.54) is 25.7 Å². The Labute approximate surface area is 135 Å². The first-order chi connectivity index (χ1) is 10.6. The zero-order valence-corrected chi connectivity index (χ0v) is 14.4. The number of hydrogen-bond acceptors (Lipinski definition) is 3. The topological polar surface area (TPSA) is 49.4 Å². The molecule has 1 saturated heterocycles. The second kappa shape index (κ2) is 8.65. The molecular weight excluding hydrogens is 296 g/mol. The predicted octanol–water partition coefficient (Wildman–Crippen LogP) is 2.68. The first-order valence-electron chi connectivity index (χ1n) is 8.31. The van der Waals surface area contributed by atoms with Gasteiger partial charge in [-0.05, 0) is 56.9 Å². The average Bonchev–Trinajstić information content (AvgIpc) is 2.75. The van der Waals surface area contributed by atoms with Gasteiger partial charge in [0, 0.05) is 6.54 Å². The Kier molecular flexibility index (Phi) is 6.86. The SMILES string of the molecule is Cc1ccccc1CS(=O)(=O)NCCCN1CCCCCC1. The van der Waals surface area contributed by atoms with Crippen LogP contribution in [0.3, 0.4) is 0 Å². The number of aryl methyl sites for hydroxylation is 1. The molecule has 0 spiro atoms. The summed E-state index contributed by atoms with van der Waals surface area (Å²) in [7, 11) is -3.24. The zero-order chi connectivity index (χ0) is 15.8. The van der Waals surface area contributed by atoms with Gasteiger partial charge in [0.2, 0.25) is 10.0 Å². The van der Waals surface area contributed by atoms with E-state index in [4.69, 9.17) is 0 Å². The summed E-state index contributed by atoms with van der Waals surface area (Å²) < 4.78 is 27.0. The van der Waals surface area contributed by atoms with Crippen molar-refractivity contribution in [2.75, 3.05) is 26.2 Å². The molecule has 1 fully saturated rings. The second-order valence-electron chi connectivity index (χ2n) is 6.19. The molecule has 4 nitrogen and oxygen atoms in total. The van der Waals surface area contributed by atoms with Crippen LogP contribution in [0.5, 0.6) is 0 Å². The number of likely N-dealkylation sites (tertiary alicyclic amines) is 1. The average molecular weight is 324 g/mol. The smallest absolute Gasteiger partial charge is 0.215 e. The Morgan fingerprint density at radius 3 is 2.45 bits per heavy atom. The molecule has 0 amide bonds. The summed E-state index contributed by atoms with van der Waals surface area (Å²) in [6, 6.07) is 7.65. The summed E-state index contributed by atoms with van der Waals surface area (Å²) in [5, 5.41) is 0. The molecular formula is C17H28N2O2S. The van der Waals surface area contributed by atoms with E-state index in [1.807, 2.05) is 31.2 Å². The number of nitrogens with one attached hydrogen (secondary N) is 1. The maximum atomic E-state index is 12.1. The van der Waals surface area contributed by atoms with Crippen LogP contribution < -0.4 is 4.72 Å². The highest BCUT2D eigenvalue weighted by Crippen LogP contribution is 2.11. The number of hydrogen-bond donors (Lipinski definition) is 1. The lowest BCUT2D eigenvalue weighted by molar-refractivity contribution is 0.282. The van der Waals surface area contributed by atoms with Crippen molar-refractivity contribution in [3.05, 3.63) is 35.4 Å². The fraction of sp³-hybridized carbons (Fsp3) is 0.647. The molecule has 1 aromatic carbocycles. The minimum atomic E-state index is -3.24. The summed E-state index contributed by atoms with van der Waals surface area (Å²) >= 11 is 0. The van der Waals surface area contributed by atoms with Gasteiger partial charge in [-0.3, -0.25) is 0 Å². The van der Waals surface area contributed by atoms with E-state index in [2.05, 4.69) is 9.62 Å². The minimum Gasteiger partial charge on any atom is -0.303 e. The van der Waals surface area contributed by atoms with Gasteiger partial charge >= 0.3 is 0 Å². The van der Waals surface area contributed by atoms with Gasteiger partial charge < -0.3 is 4.90 Å². The van der Waals surface area contributed by atoms with E-state index in [1.54, 1.807) is 0 Å². The normalized spacial score (nSPS) is 17.3. The van der Waals surface area contributed by atoms with Crippen LogP contribution in [0.2, 0.25) is 0 Å².